The van der Waals surface area contributed by atoms with Gasteiger partial charge in [0.2, 0.25) is 0 Å². The highest BCUT2D eigenvalue weighted by Gasteiger charge is 2.42. The number of ether oxygens (including phenoxy) is 2. The fourth-order valence-electron chi connectivity index (χ4n) is 2.71. The fourth-order valence-corrected chi connectivity index (χ4v) is 3.13. The van der Waals surface area contributed by atoms with Gasteiger partial charge in [0.05, 0.1) is 24.8 Å². The zero-order chi connectivity index (χ0) is 14.2. The number of carbonyl (C=O) groups is 1. The molecule has 0 radical (unpaired) electrons. The molecule has 1 aromatic carbocycles. The van der Waals surface area contributed by atoms with Crippen molar-refractivity contribution in [3.63, 3.8) is 0 Å². The molecule has 4 nitrogen and oxygen atoms in total. The molecule has 0 bridgehead atoms. The number of benzene rings is 1. The van der Waals surface area contributed by atoms with Crippen LogP contribution in [0.25, 0.3) is 0 Å². The maximum absolute atomic E-state index is 12.5. The van der Waals surface area contributed by atoms with Crippen LogP contribution in [0.4, 0.5) is 0 Å². The maximum Gasteiger partial charge on any atom is 0.254 e. The SMILES string of the molecule is O=C(c1ccc(Br)c(Cl)c1)N1CCCC2(C1)OCCO2. The molecule has 2 aliphatic heterocycles. The van der Waals surface area contributed by atoms with E-state index in [1.54, 1.807) is 23.1 Å². The topological polar surface area (TPSA) is 38.8 Å². The normalized spacial score (nSPS) is 21.4. The quantitative estimate of drug-likeness (QED) is 0.772. The summed E-state index contributed by atoms with van der Waals surface area (Å²) < 4.78 is 12.2. The van der Waals surface area contributed by atoms with Crippen LogP contribution in [0, 0.1) is 0 Å². The Morgan fingerprint density at radius 1 is 1.35 bits per heavy atom. The van der Waals surface area contributed by atoms with E-state index in [1.165, 1.54) is 0 Å². The maximum atomic E-state index is 12.5. The molecule has 20 heavy (non-hydrogen) atoms. The van der Waals surface area contributed by atoms with E-state index in [2.05, 4.69) is 15.9 Å². The lowest BCUT2D eigenvalue weighted by Crippen LogP contribution is -2.51. The van der Waals surface area contributed by atoms with E-state index in [9.17, 15) is 4.79 Å². The first kappa shape index (κ1) is 14.3. The summed E-state index contributed by atoms with van der Waals surface area (Å²) in [5, 5.41) is 0.538. The van der Waals surface area contributed by atoms with Gasteiger partial charge in [0.25, 0.3) is 5.91 Å². The van der Waals surface area contributed by atoms with Crippen molar-refractivity contribution in [2.45, 2.75) is 18.6 Å². The minimum absolute atomic E-state index is 0.0300. The molecule has 0 aromatic heterocycles. The summed E-state index contributed by atoms with van der Waals surface area (Å²) in [6.07, 6.45) is 1.73. The summed E-state index contributed by atoms with van der Waals surface area (Å²) in [5.41, 5.74) is 0.591. The van der Waals surface area contributed by atoms with Crippen molar-refractivity contribution in [2.24, 2.45) is 0 Å². The summed E-state index contributed by atoms with van der Waals surface area (Å²) in [4.78, 5) is 14.3. The number of hydrogen-bond donors (Lipinski definition) is 0. The van der Waals surface area contributed by atoms with Crippen molar-refractivity contribution in [1.82, 2.24) is 4.90 Å². The Balaban J connectivity index is 1.77. The molecule has 2 heterocycles. The van der Waals surface area contributed by atoms with E-state index in [0.29, 0.717) is 30.3 Å². The molecule has 1 spiro atoms. The van der Waals surface area contributed by atoms with E-state index in [1.807, 2.05) is 0 Å². The van der Waals surface area contributed by atoms with Crippen molar-refractivity contribution in [2.75, 3.05) is 26.3 Å². The van der Waals surface area contributed by atoms with Crippen LogP contribution in [-0.2, 0) is 9.47 Å². The third-order valence-corrected chi connectivity index (χ3v) is 4.92. The Morgan fingerprint density at radius 2 is 2.10 bits per heavy atom. The molecule has 0 unspecified atom stereocenters. The first-order valence-electron chi connectivity index (χ1n) is 6.62. The molecule has 2 saturated heterocycles. The fraction of sp³-hybridized carbons (Fsp3) is 0.500. The van der Waals surface area contributed by atoms with Gasteiger partial charge in [-0.3, -0.25) is 4.79 Å². The molecular weight excluding hydrogens is 346 g/mol. The van der Waals surface area contributed by atoms with Gasteiger partial charge in [-0.15, -0.1) is 0 Å². The Labute approximate surface area is 131 Å². The minimum Gasteiger partial charge on any atom is -0.346 e. The molecule has 108 valence electrons. The van der Waals surface area contributed by atoms with Gasteiger partial charge >= 0.3 is 0 Å². The van der Waals surface area contributed by atoms with Crippen molar-refractivity contribution >= 4 is 33.4 Å². The Morgan fingerprint density at radius 3 is 2.80 bits per heavy atom. The molecule has 2 aliphatic rings. The molecule has 0 N–H and O–H groups in total. The van der Waals surface area contributed by atoms with Crippen molar-refractivity contribution < 1.29 is 14.3 Å². The lowest BCUT2D eigenvalue weighted by atomic mass is 10.0. The zero-order valence-corrected chi connectivity index (χ0v) is 13.2. The van der Waals surface area contributed by atoms with Crippen LogP contribution >= 0.6 is 27.5 Å². The Bertz CT molecular complexity index is 531. The molecular formula is C14H15BrClNO3. The van der Waals surface area contributed by atoms with Gasteiger partial charge in [-0.25, -0.2) is 0 Å². The monoisotopic (exact) mass is 359 g/mol. The lowest BCUT2D eigenvalue weighted by Gasteiger charge is -2.38. The van der Waals surface area contributed by atoms with E-state index in [0.717, 1.165) is 23.9 Å². The smallest absolute Gasteiger partial charge is 0.254 e. The number of halogens is 2. The van der Waals surface area contributed by atoms with Gasteiger partial charge in [0, 0.05) is 23.0 Å². The molecule has 1 aromatic rings. The highest BCUT2D eigenvalue weighted by molar-refractivity contribution is 9.10. The molecule has 0 saturated carbocycles. The molecule has 0 aliphatic carbocycles. The summed E-state index contributed by atoms with van der Waals surface area (Å²) >= 11 is 9.38. The average Bonchev–Trinajstić information content (AvgIpc) is 2.89. The summed E-state index contributed by atoms with van der Waals surface area (Å²) in [6, 6.07) is 5.25. The number of piperidine rings is 1. The number of carbonyl (C=O) groups excluding carboxylic acids is 1. The number of rotatable bonds is 1. The second kappa shape index (κ2) is 5.64. The van der Waals surface area contributed by atoms with Gasteiger partial charge in [-0.05, 0) is 40.5 Å². The van der Waals surface area contributed by atoms with Crippen LogP contribution in [-0.4, -0.2) is 42.9 Å². The summed E-state index contributed by atoms with van der Waals surface area (Å²) in [5.74, 6) is -0.620. The summed E-state index contributed by atoms with van der Waals surface area (Å²) in [6.45, 7) is 2.42. The highest BCUT2D eigenvalue weighted by Crippen LogP contribution is 2.31. The third kappa shape index (κ3) is 2.72. The van der Waals surface area contributed by atoms with Gasteiger partial charge < -0.3 is 14.4 Å². The van der Waals surface area contributed by atoms with E-state index in [4.69, 9.17) is 21.1 Å². The van der Waals surface area contributed by atoms with Crippen LogP contribution in [0.5, 0.6) is 0 Å². The van der Waals surface area contributed by atoms with E-state index < -0.39 is 5.79 Å². The van der Waals surface area contributed by atoms with Gasteiger partial charge in [0.15, 0.2) is 5.79 Å². The number of amides is 1. The first-order chi connectivity index (χ1) is 9.60. The van der Waals surface area contributed by atoms with E-state index >= 15 is 0 Å². The van der Waals surface area contributed by atoms with Crippen LogP contribution < -0.4 is 0 Å². The first-order valence-corrected chi connectivity index (χ1v) is 7.79. The third-order valence-electron chi connectivity index (χ3n) is 3.68. The minimum atomic E-state index is -0.590. The van der Waals surface area contributed by atoms with Crippen molar-refractivity contribution in [1.29, 1.82) is 0 Å². The molecule has 3 rings (SSSR count). The van der Waals surface area contributed by atoms with Crippen LogP contribution in [0.2, 0.25) is 5.02 Å². The molecule has 2 fully saturated rings. The van der Waals surface area contributed by atoms with Gasteiger partial charge in [-0.2, -0.15) is 0 Å². The highest BCUT2D eigenvalue weighted by atomic mass is 79.9. The second-order valence-corrected chi connectivity index (χ2v) is 6.33. The predicted octanol–water partition coefficient (Wildman–Crippen LogP) is 3.08. The number of hydrogen-bond acceptors (Lipinski definition) is 3. The van der Waals surface area contributed by atoms with Gasteiger partial charge in [0.1, 0.15) is 0 Å². The molecule has 1 amide bonds. The van der Waals surface area contributed by atoms with Crippen molar-refractivity contribution in [3.05, 3.63) is 33.3 Å². The Kier molecular flexibility index (Phi) is 4.04. The zero-order valence-electron chi connectivity index (χ0n) is 10.9. The summed E-state index contributed by atoms with van der Waals surface area (Å²) in [7, 11) is 0. The average molecular weight is 361 g/mol. The van der Waals surface area contributed by atoms with Crippen molar-refractivity contribution in [3.8, 4) is 0 Å². The number of nitrogens with zero attached hydrogens (tertiary/aromatic N) is 1. The lowest BCUT2D eigenvalue weighted by molar-refractivity contribution is -0.183. The van der Waals surface area contributed by atoms with E-state index in [-0.39, 0.29) is 5.91 Å². The van der Waals surface area contributed by atoms with Crippen LogP contribution in [0.1, 0.15) is 23.2 Å². The molecule has 6 heteroatoms. The second-order valence-electron chi connectivity index (χ2n) is 5.07. The predicted molar refractivity (Wildman–Crippen MR) is 78.9 cm³/mol. The van der Waals surface area contributed by atoms with Crippen LogP contribution in [0.3, 0.4) is 0 Å². The Hall–Kier alpha value is -0.620. The standard InChI is InChI=1S/C14H15BrClNO3/c15-11-3-2-10(8-12(11)16)13(18)17-5-1-4-14(9-17)19-6-7-20-14/h2-3,8H,1,4-7,9H2. The molecule has 0 atom stereocenters. The number of likely N-dealkylation sites (tertiary alicyclic amines) is 1. The largest absolute Gasteiger partial charge is 0.346 e. The van der Waals surface area contributed by atoms with Crippen LogP contribution in [0.15, 0.2) is 22.7 Å². The van der Waals surface area contributed by atoms with Gasteiger partial charge in [-0.1, -0.05) is 11.6 Å².